The zero-order valence-electron chi connectivity index (χ0n) is 12.4. The number of rotatable bonds is 5. The molecule has 20 heavy (non-hydrogen) atoms. The van der Waals surface area contributed by atoms with Crippen LogP contribution in [-0.4, -0.2) is 29.3 Å². The number of fused-ring (bicyclic) bond motifs is 1. The second-order valence-corrected chi connectivity index (χ2v) is 5.33. The van der Waals surface area contributed by atoms with Gasteiger partial charge < -0.3 is 4.42 Å². The number of likely N-dealkylation sites (N-methyl/N-ethyl adjacent to an activating group) is 1. The Balaban J connectivity index is 2.43. The predicted octanol–water partition coefficient (Wildman–Crippen LogP) is 3.88. The highest BCUT2D eigenvalue weighted by Crippen LogP contribution is 2.27. The molecule has 0 unspecified atom stereocenters. The monoisotopic (exact) mass is 277 g/mol. The van der Waals surface area contributed by atoms with Crippen LogP contribution in [0.4, 0.5) is 4.39 Å². The van der Waals surface area contributed by atoms with Crippen molar-refractivity contribution < 1.29 is 13.6 Å². The number of ketones is 1. The molecule has 1 heterocycles. The molecule has 0 amide bonds. The molecule has 0 saturated carbocycles. The number of carbonyl (C=O) groups is 1. The third-order valence-electron chi connectivity index (χ3n) is 3.83. The lowest BCUT2D eigenvalue weighted by Gasteiger charge is -2.34. The summed E-state index contributed by atoms with van der Waals surface area (Å²) >= 11 is 0. The van der Waals surface area contributed by atoms with Crippen LogP contribution in [-0.2, 0) is 0 Å². The van der Waals surface area contributed by atoms with Crippen molar-refractivity contribution in [2.45, 2.75) is 33.2 Å². The van der Waals surface area contributed by atoms with Gasteiger partial charge in [-0.3, -0.25) is 9.69 Å². The average Bonchev–Trinajstić information content (AvgIpc) is 2.84. The van der Waals surface area contributed by atoms with Gasteiger partial charge in [-0.1, -0.05) is 26.0 Å². The highest BCUT2D eigenvalue weighted by atomic mass is 19.1. The molecule has 1 aromatic heterocycles. The Morgan fingerprint density at radius 2 is 1.95 bits per heavy atom. The van der Waals surface area contributed by atoms with Crippen LogP contribution >= 0.6 is 0 Å². The Labute approximate surface area is 118 Å². The molecule has 4 heteroatoms. The summed E-state index contributed by atoms with van der Waals surface area (Å²) in [4.78, 5) is 14.7. The van der Waals surface area contributed by atoms with Gasteiger partial charge in [-0.15, -0.1) is 0 Å². The van der Waals surface area contributed by atoms with Gasteiger partial charge in [0, 0.05) is 5.39 Å². The minimum atomic E-state index is -0.673. The third-order valence-corrected chi connectivity index (χ3v) is 3.83. The normalized spacial score (nSPS) is 12.3. The fourth-order valence-corrected chi connectivity index (χ4v) is 2.60. The Kier molecular flexibility index (Phi) is 3.95. The van der Waals surface area contributed by atoms with Gasteiger partial charge in [-0.2, -0.15) is 0 Å². The van der Waals surface area contributed by atoms with Crippen LogP contribution in [0, 0.1) is 5.82 Å². The van der Waals surface area contributed by atoms with Crippen molar-refractivity contribution in [1.29, 1.82) is 0 Å². The van der Waals surface area contributed by atoms with Crippen LogP contribution in [0.25, 0.3) is 11.0 Å². The number of benzene rings is 1. The summed E-state index contributed by atoms with van der Waals surface area (Å²) < 4.78 is 19.1. The van der Waals surface area contributed by atoms with E-state index in [1.54, 1.807) is 18.2 Å². The van der Waals surface area contributed by atoms with Crippen LogP contribution in [0.1, 0.15) is 38.2 Å². The first-order chi connectivity index (χ1) is 9.41. The van der Waals surface area contributed by atoms with Crippen LogP contribution in [0.15, 0.2) is 28.7 Å². The predicted molar refractivity (Wildman–Crippen MR) is 77.5 cm³/mol. The lowest BCUT2D eigenvalue weighted by Crippen LogP contribution is -2.49. The van der Waals surface area contributed by atoms with Crippen LogP contribution < -0.4 is 0 Å². The Morgan fingerprint density at radius 3 is 2.50 bits per heavy atom. The smallest absolute Gasteiger partial charge is 0.217 e. The molecule has 1 aromatic carbocycles. The van der Waals surface area contributed by atoms with Crippen molar-refractivity contribution in [1.82, 2.24) is 4.90 Å². The molecule has 0 fully saturated rings. The van der Waals surface area contributed by atoms with Crippen molar-refractivity contribution in [2.75, 3.05) is 13.1 Å². The summed E-state index contributed by atoms with van der Waals surface area (Å²) in [6, 6.07) is 6.29. The van der Waals surface area contributed by atoms with Gasteiger partial charge in [0.2, 0.25) is 5.78 Å². The standard InChI is InChI=1S/C16H20FNO2/c1-5-18(6-2)16(3,4)15(19)13-10-11-8-7-9-12(17)14(11)20-13/h7-10H,5-6H2,1-4H3. The van der Waals surface area contributed by atoms with Crippen LogP contribution in [0.3, 0.4) is 0 Å². The molecule has 0 bridgehead atoms. The summed E-state index contributed by atoms with van der Waals surface area (Å²) in [5, 5.41) is 0.615. The van der Waals surface area contributed by atoms with Crippen molar-refractivity contribution in [3.8, 4) is 0 Å². The lowest BCUT2D eigenvalue weighted by molar-refractivity contribution is 0.0641. The SMILES string of the molecule is CCN(CC)C(C)(C)C(=O)c1cc2cccc(F)c2o1. The molecule has 0 N–H and O–H groups in total. The van der Waals surface area contributed by atoms with E-state index in [0.29, 0.717) is 5.39 Å². The van der Waals surface area contributed by atoms with Crippen molar-refractivity contribution >= 4 is 16.8 Å². The third kappa shape index (κ3) is 2.36. The maximum Gasteiger partial charge on any atom is 0.217 e. The first kappa shape index (κ1) is 14.7. The molecular weight excluding hydrogens is 257 g/mol. The van der Waals surface area contributed by atoms with E-state index in [1.807, 2.05) is 27.7 Å². The molecule has 0 aliphatic carbocycles. The number of hydrogen-bond donors (Lipinski definition) is 0. The van der Waals surface area contributed by atoms with Gasteiger partial charge in [0.05, 0.1) is 5.54 Å². The maximum atomic E-state index is 13.6. The minimum absolute atomic E-state index is 0.128. The molecule has 108 valence electrons. The average molecular weight is 277 g/mol. The number of hydrogen-bond acceptors (Lipinski definition) is 3. The highest BCUT2D eigenvalue weighted by molar-refractivity contribution is 6.03. The summed E-state index contributed by atoms with van der Waals surface area (Å²) in [5.74, 6) is -0.360. The molecule has 0 atom stereocenters. The number of carbonyl (C=O) groups excluding carboxylic acids is 1. The van der Waals surface area contributed by atoms with E-state index in [2.05, 4.69) is 4.90 Å². The molecule has 0 saturated heterocycles. The number of halogens is 1. The van der Waals surface area contributed by atoms with E-state index in [9.17, 15) is 9.18 Å². The van der Waals surface area contributed by atoms with Gasteiger partial charge in [0.25, 0.3) is 0 Å². The number of furan rings is 1. The summed E-state index contributed by atoms with van der Waals surface area (Å²) in [7, 11) is 0. The van der Waals surface area contributed by atoms with Crippen molar-refractivity contribution in [3.05, 3.63) is 35.8 Å². The van der Waals surface area contributed by atoms with Crippen LogP contribution in [0.5, 0.6) is 0 Å². The maximum absolute atomic E-state index is 13.6. The van der Waals surface area contributed by atoms with E-state index in [4.69, 9.17) is 4.42 Å². The first-order valence-corrected chi connectivity index (χ1v) is 6.89. The van der Waals surface area contributed by atoms with Crippen LogP contribution in [0.2, 0.25) is 0 Å². The minimum Gasteiger partial charge on any atom is -0.450 e. The fraction of sp³-hybridized carbons (Fsp3) is 0.438. The number of Topliss-reactive ketones (excluding diaryl/α,β-unsaturated/α-hetero) is 1. The molecule has 0 aliphatic heterocycles. The van der Waals surface area contributed by atoms with E-state index < -0.39 is 11.4 Å². The Hall–Kier alpha value is -1.68. The van der Waals surface area contributed by atoms with Crippen molar-refractivity contribution in [3.63, 3.8) is 0 Å². The van der Waals surface area contributed by atoms with Gasteiger partial charge in [0.1, 0.15) is 0 Å². The zero-order chi connectivity index (χ0) is 14.9. The summed E-state index contributed by atoms with van der Waals surface area (Å²) in [6.45, 7) is 9.29. The Bertz CT molecular complexity index is 626. The highest BCUT2D eigenvalue weighted by Gasteiger charge is 2.35. The molecule has 0 aliphatic rings. The van der Waals surface area contributed by atoms with E-state index >= 15 is 0 Å². The molecular formula is C16H20FNO2. The van der Waals surface area contributed by atoms with Gasteiger partial charge in [-0.25, -0.2) is 4.39 Å². The van der Waals surface area contributed by atoms with E-state index in [1.165, 1.54) is 6.07 Å². The molecule has 3 nitrogen and oxygen atoms in total. The second-order valence-electron chi connectivity index (χ2n) is 5.33. The summed E-state index contributed by atoms with van der Waals surface area (Å²) in [6.07, 6.45) is 0. The van der Waals surface area contributed by atoms with Gasteiger partial charge in [-0.05, 0) is 39.1 Å². The molecule has 2 aromatic rings. The first-order valence-electron chi connectivity index (χ1n) is 6.89. The van der Waals surface area contributed by atoms with Gasteiger partial charge in [0.15, 0.2) is 17.2 Å². The molecule has 2 rings (SSSR count). The lowest BCUT2D eigenvalue weighted by atomic mass is 9.94. The van der Waals surface area contributed by atoms with Gasteiger partial charge >= 0.3 is 0 Å². The Morgan fingerprint density at radius 1 is 1.30 bits per heavy atom. The zero-order valence-corrected chi connectivity index (χ0v) is 12.4. The largest absolute Gasteiger partial charge is 0.450 e. The van der Waals surface area contributed by atoms with E-state index in [0.717, 1.165) is 13.1 Å². The second kappa shape index (κ2) is 5.37. The fourth-order valence-electron chi connectivity index (χ4n) is 2.60. The van der Waals surface area contributed by atoms with Crippen molar-refractivity contribution in [2.24, 2.45) is 0 Å². The topological polar surface area (TPSA) is 33.5 Å². The quantitative estimate of drug-likeness (QED) is 0.778. The number of nitrogens with zero attached hydrogens (tertiary/aromatic N) is 1. The number of para-hydroxylation sites is 1. The molecule has 0 spiro atoms. The summed E-state index contributed by atoms with van der Waals surface area (Å²) in [5.41, 5.74) is -0.528. The molecule has 0 radical (unpaired) electrons. The van der Waals surface area contributed by atoms with E-state index in [-0.39, 0.29) is 17.1 Å².